The lowest BCUT2D eigenvalue weighted by molar-refractivity contribution is -0.0504. The summed E-state index contributed by atoms with van der Waals surface area (Å²) in [6, 6.07) is 0. The van der Waals surface area contributed by atoms with Crippen LogP contribution >= 0.6 is 0 Å². The van der Waals surface area contributed by atoms with Gasteiger partial charge >= 0.3 is 0 Å². The molecule has 90 valence electrons. The molecule has 15 heavy (non-hydrogen) atoms. The highest BCUT2D eigenvalue weighted by atomic mass is 19.1. The zero-order valence-electron chi connectivity index (χ0n) is 10.9. The van der Waals surface area contributed by atoms with Crippen molar-refractivity contribution in [3.63, 3.8) is 0 Å². The van der Waals surface area contributed by atoms with Crippen LogP contribution in [0.15, 0.2) is 0 Å². The van der Waals surface area contributed by atoms with Gasteiger partial charge in [-0.2, -0.15) is 0 Å². The van der Waals surface area contributed by atoms with E-state index in [0.717, 1.165) is 25.9 Å². The van der Waals surface area contributed by atoms with E-state index in [4.69, 9.17) is 0 Å². The average Bonchev–Trinajstić information content (AvgIpc) is 2.10. The number of hydrogen-bond donors (Lipinski definition) is 0. The highest BCUT2D eigenvalue weighted by Crippen LogP contribution is 2.49. The summed E-state index contributed by atoms with van der Waals surface area (Å²) in [6.07, 6.45) is 2.11. The van der Waals surface area contributed by atoms with Crippen LogP contribution in [0.1, 0.15) is 40.5 Å². The Balaban J connectivity index is 2.86. The fourth-order valence-corrected chi connectivity index (χ4v) is 3.05. The zero-order valence-corrected chi connectivity index (χ0v) is 10.9. The van der Waals surface area contributed by atoms with Crippen LogP contribution in [0.2, 0.25) is 0 Å². The van der Waals surface area contributed by atoms with Crippen LogP contribution in [0.5, 0.6) is 0 Å². The van der Waals surface area contributed by atoms with Crippen LogP contribution in [-0.2, 0) is 0 Å². The minimum atomic E-state index is -0.177. The third kappa shape index (κ3) is 2.52. The molecule has 0 spiro atoms. The van der Waals surface area contributed by atoms with Crippen LogP contribution in [-0.4, -0.2) is 31.7 Å². The van der Waals surface area contributed by atoms with Crippen LogP contribution in [0.25, 0.3) is 0 Å². The first-order valence-electron chi connectivity index (χ1n) is 6.07. The van der Waals surface area contributed by atoms with E-state index in [1.54, 1.807) is 0 Å². The fourth-order valence-electron chi connectivity index (χ4n) is 3.05. The highest BCUT2D eigenvalue weighted by Gasteiger charge is 2.47. The van der Waals surface area contributed by atoms with Gasteiger partial charge in [0.1, 0.15) is 0 Å². The SMILES string of the molecule is CC(C)C[C@]1(C)CN(C)CC[C@]1(C)CF. The lowest BCUT2D eigenvalue weighted by Crippen LogP contribution is -2.53. The van der Waals surface area contributed by atoms with Gasteiger partial charge in [-0.15, -0.1) is 0 Å². The monoisotopic (exact) mass is 215 g/mol. The van der Waals surface area contributed by atoms with Crippen LogP contribution < -0.4 is 0 Å². The molecule has 1 fully saturated rings. The summed E-state index contributed by atoms with van der Waals surface area (Å²) in [6.45, 7) is 10.8. The van der Waals surface area contributed by atoms with Crippen molar-refractivity contribution in [2.75, 3.05) is 26.8 Å². The molecule has 1 heterocycles. The molecule has 0 bridgehead atoms. The van der Waals surface area contributed by atoms with Crippen LogP contribution in [0, 0.1) is 16.7 Å². The molecule has 1 nitrogen and oxygen atoms in total. The second-order valence-electron chi connectivity index (χ2n) is 6.34. The molecular weight excluding hydrogens is 189 g/mol. The average molecular weight is 215 g/mol. The Hall–Kier alpha value is -0.110. The van der Waals surface area contributed by atoms with E-state index >= 15 is 0 Å². The van der Waals surface area contributed by atoms with Gasteiger partial charge in [0.2, 0.25) is 0 Å². The van der Waals surface area contributed by atoms with Crippen molar-refractivity contribution in [3.05, 3.63) is 0 Å². The molecule has 2 atom stereocenters. The van der Waals surface area contributed by atoms with Gasteiger partial charge in [0.15, 0.2) is 0 Å². The lowest BCUT2D eigenvalue weighted by Gasteiger charge is -2.52. The molecule has 1 aliphatic rings. The molecule has 0 aromatic carbocycles. The van der Waals surface area contributed by atoms with Gasteiger partial charge in [-0.05, 0) is 37.8 Å². The smallest absolute Gasteiger partial charge is 0.0954 e. The second kappa shape index (κ2) is 4.40. The Kier molecular flexibility index (Phi) is 3.80. The Morgan fingerprint density at radius 2 is 1.87 bits per heavy atom. The number of alkyl halides is 1. The minimum absolute atomic E-state index is 0.121. The van der Waals surface area contributed by atoms with Gasteiger partial charge in [-0.25, -0.2) is 0 Å². The molecule has 0 aliphatic carbocycles. The summed E-state index contributed by atoms with van der Waals surface area (Å²) >= 11 is 0. The van der Waals surface area contributed by atoms with Crippen molar-refractivity contribution < 1.29 is 4.39 Å². The third-order valence-electron chi connectivity index (χ3n) is 4.28. The van der Waals surface area contributed by atoms with Gasteiger partial charge in [0.25, 0.3) is 0 Å². The first-order chi connectivity index (χ1) is 6.83. The van der Waals surface area contributed by atoms with Crippen LogP contribution in [0.4, 0.5) is 4.39 Å². The van der Waals surface area contributed by atoms with Crippen LogP contribution in [0.3, 0.4) is 0 Å². The molecule has 0 aromatic rings. The Morgan fingerprint density at radius 1 is 1.27 bits per heavy atom. The molecule has 0 amide bonds. The number of hydrogen-bond acceptors (Lipinski definition) is 1. The molecule has 0 unspecified atom stereocenters. The van der Waals surface area contributed by atoms with E-state index < -0.39 is 0 Å². The Morgan fingerprint density at radius 3 is 2.33 bits per heavy atom. The summed E-state index contributed by atoms with van der Waals surface area (Å²) in [5.74, 6) is 0.646. The maximum absolute atomic E-state index is 13.3. The topological polar surface area (TPSA) is 3.24 Å². The fraction of sp³-hybridized carbons (Fsp3) is 1.00. The highest BCUT2D eigenvalue weighted by molar-refractivity contribution is 4.98. The summed E-state index contributed by atoms with van der Waals surface area (Å²) < 4.78 is 13.3. The number of likely N-dealkylation sites (tertiary alicyclic amines) is 1. The van der Waals surface area contributed by atoms with Gasteiger partial charge in [0.05, 0.1) is 6.67 Å². The Bertz CT molecular complexity index is 213. The van der Waals surface area contributed by atoms with E-state index in [0.29, 0.717) is 5.92 Å². The van der Waals surface area contributed by atoms with Gasteiger partial charge in [-0.1, -0.05) is 27.7 Å². The molecular formula is C13H26FN. The molecule has 0 N–H and O–H groups in total. The van der Waals surface area contributed by atoms with Crippen molar-refractivity contribution >= 4 is 0 Å². The Labute approximate surface area is 94.0 Å². The molecule has 0 radical (unpaired) electrons. The van der Waals surface area contributed by atoms with Crippen molar-refractivity contribution in [3.8, 4) is 0 Å². The van der Waals surface area contributed by atoms with E-state index in [2.05, 4.69) is 39.6 Å². The molecule has 1 aliphatic heterocycles. The normalized spacial score (nSPS) is 38.6. The third-order valence-corrected chi connectivity index (χ3v) is 4.28. The molecule has 1 rings (SSSR count). The first-order valence-corrected chi connectivity index (χ1v) is 6.07. The molecule has 0 saturated carbocycles. The van der Waals surface area contributed by atoms with Gasteiger partial charge in [-0.3, -0.25) is 4.39 Å². The number of nitrogens with zero attached hydrogens (tertiary/aromatic N) is 1. The van der Waals surface area contributed by atoms with Gasteiger partial charge < -0.3 is 4.90 Å². The van der Waals surface area contributed by atoms with E-state index in [-0.39, 0.29) is 17.5 Å². The van der Waals surface area contributed by atoms with E-state index in [1.165, 1.54) is 0 Å². The second-order valence-corrected chi connectivity index (χ2v) is 6.34. The number of piperidine rings is 1. The molecule has 0 aromatic heterocycles. The first kappa shape index (κ1) is 13.0. The quantitative estimate of drug-likeness (QED) is 0.698. The number of halogens is 1. The molecule has 1 saturated heterocycles. The maximum Gasteiger partial charge on any atom is 0.0954 e. The van der Waals surface area contributed by atoms with E-state index in [1.807, 2.05) is 0 Å². The predicted octanol–water partition coefficient (Wildman–Crippen LogP) is 3.35. The minimum Gasteiger partial charge on any atom is -0.306 e. The summed E-state index contributed by atoms with van der Waals surface area (Å²) in [7, 11) is 2.15. The largest absolute Gasteiger partial charge is 0.306 e. The van der Waals surface area contributed by atoms with Gasteiger partial charge in [0, 0.05) is 12.0 Å². The standard InChI is InChI=1S/C13H26FN/c1-11(2)8-13(4)10-15(5)7-6-12(13,3)9-14/h11H,6-10H2,1-5H3/t12-,13-/m1/s1. The molecule has 2 heteroatoms. The van der Waals surface area contributed by atoms with Crippen molar-refractivity contribution in [2.24, 2.45) is 16.7 Å². The maximum atomic E-state index is 13.3. The summed E-state index contributed by atoms with van der Waals surface area (Å²) in [5.41, 5.74) is 0.00664. The lowest BCUT2D eigenvalue weighted by atomic mass is 9.59. The number of rotatable bonds is 3. The summed E-state index contributed by atoms with van der Waals surface area (Å²) in [5, 5.41) is 0. The van der Waals surface area contributed by atoms with Crippen molar-refractivity contribution in [2.45, 2.75) is 40.5 Å². The summed E-state index contributed by atoms with van der Waals surface area (Å²) in [4.78, 5) is 2.35. The predicted molar refractivity (Wildman–Crippen MR) is 63.8 cm³/mol. The zero-order chi connectivity index (χ0) is 11.7. The van der Waals surface area contributed by atoms with Crippen molar-refractivity contribution in [1.82, 2.24) is 4.90 Å². The van der Waals surface area contributed by atoms with E-state index in [9.17, 15) is 4.39 Å². The van der Waals surface area contributed by atoms with Crippen molar-refractivity contribution in [1.29, 1.82) is 0 Å².